The molecule has 19 heavy (non-hydrogen) atoms. The van der Waals surface area contributed by atoms with Gasteiger partial charge in [0.15, 0.2) is 4.60 Å². The summed E-state index contributed by atoms with van der Waals surface area (Å²) >= 11 is 6.50. The maximum atomic E-state index is 12.8. The van der Waals surface area contributed by atoms with Crippen LogP contribution in [0.15, 0.2) is 9.63 Å². The fraction of sp³-hybridized carbons (Fsp3) is 0.800. The molecule has 9 heteroatoms. The molecule has 0 radical (unpaired) electrons. The molecule has 0 aromatic carbocycles. The highest BCUT2D eigenvalue weighted by molar-refractivity contribution is 9.10. The van der Waals surface area contributed by atoms with E-state index in [9.17, 15) is 8.42 Å². The van der Waals surface area contributed by atoms with Crippen LogP contribution in [0.3, 0.4) is 0 Å². The lowest BCUT2D eigenvalue weighted by Crippen LogP contribution is -2.40. The van der Waals surface area contributed by atoms with Gasteiger partial charge in [0.25, 0.3) is 10.0 Å². The van der Waals surface area contributed by atoms with Crippen molar-refractivity contribution < 1.29 is 8.42 Å². The molecule has 1 fully saturated rings. The van der Waals surface area contributed by atoms with Crippen LogP contribution in [-0.4, -0.2) is 45.6 Å². The van der Waals surface area contributed by atoms with Crippen LogP contribution in [0, 0.1) is 0 Å². The SMILES string of the molecule is Cn1nnc(Br)c1S(=O)(=O)N(CCBr)C1CCCC1. The third-order valence-electron chi connectivity index (χ3n) is 3.33. The van der Waals surface area contributed by atoms with E-state index >= 15 is 0 Å². The van der Waals surface area contributed by atoms with Crippen molar-refractivity contribution in [2.75, 3.05) is 11.9 Å². The van der Waals surface area contributed by atoms with Gasteiger partial charge in [0.2, 0.25) is 5.03 Å². The van der Waals surface area contributed by atoms with Gasteiger partial charge in [-0.3, -0.25) is 0 Å². The predicted octanol–water partition coefficient (Wildman–Crippen LogP) is 1.91. The molecule has 108 valence electrons. The molecule has 6 nitrogen and oxygen atoms in total. The second-order valence-electron chi connectivity index (χ2n) is 4.55. The van der Waals surface area contributed by atoms with E-state index in [-0.39, 0.29) is 15.7 Å². The van der Waals surface area contributed by atoms with Crippen molar-refractivity contribution in [2.45, 2.75) is 36.8 Å². The molecule has 0 unspecified atom stereocenters. The third kappa shape index (κ3) is 3.03. The lowest BCUT2D eigenvalue weighted by Gasteiger charge is -2.27. The Morgan fingerprint density at radius 3 is 2.53 bits per heavy atom. The number of hydrogen-bond donors (Lipinski definition) is 0. The first-order chi connectivity index (χ1) is 8.98. The van der Waals surface area contributed by atoms with Crippen LogP contribution in [0.2, 0.25) is 0 Å². The van der Waals surface area contributed by atoms with Crippen LogP contribution < -0.4 is 0 Å². The molecule has 1 heterocycles. The van der Waals surface area contributed by atoms with Crippen LogP contribution in [0.1, 0.15) is 25.7 Å². The normalized spacial score (nSPS) is 17.5. The van der Waals surface area contributed by atoms with Gasteiger partial charge in [-0.15, -0.1) is 5.10 Å². The Kier molecular flexibility index (Phi) is 5.02. The van der Waals surface area contributed by atoms with Gasteiger partial charge >= 0.3 is 0 Å². The fourth-order valence-electron chi connectivity index (χ4n) is 2.48. The Hall–Kier alpha value is 0.01000. The number of rotatable bonds is 5. The highest BCUT2D eigenvalue weighted by atomic mass is 79.9. The van der Waals surface area contributed by atoms with E-state index in [1.807, 2.05) is 0 Å². The van der Waals surface area contributed by atoms with Crippen molar-refractivity contribution in [3.63, 3.8) is 0 Å². The van der Waals surface area contributed by atoms with Gasteiger partial charge in [-0.25, -0.2) is 13.1 Å². The van der Waals surface area contributed by atoms with Crippen LogP contribution in [-0.2, 0) is 17.1 Å². The quantitative estimate of drug-likeness (QED) is 0.688. The molecule has 1 aromatic rings. The van der Waals surface area contributed by atoms with E-state index < -0.39 is 10.0 Å². The highest BCUT2D eigenvalue weighted by Crippen LogP contribution is 2.30. The molecule has 1 aromatic heterocycles. The number of aromatic nitrogens is 3. The van der Waals surface area contributed by atoms with Gasteiger partial charge < -0.3 is 0 Å². The van der Waals surface area contributed by atoms with Crippen molar-refractivity contribution in [1.82, 2.24) is 19.3 Å². The zero-order valence-corrected chi connectivity index (χ0v) is 14.6. The number of alkyl halides is 1. The zero-order valence-electron chi connectivity index (χ0n) is 10.6. The molecule has 0 amide bonds. The monoisotopic (exact) mass is 414 g/mol. The van der Waals surface area contributed by atoms with Gasteiger partial charge in [-0.2, -0.15) is 4.31 Å². The lowest BCUT2D eigenvalue weighted by atomic mass is 10.2. The van der Waals surface area contributed by atoms with E-state index in [0.29, 0.717) is 11.9 Å². The topological polar surface area (TPSA) is 68.1 Å². The summed E-state index contributed by atoms with van der Waals surface area (Å²) in [4.78, 5) is 0. The van der Waals surface area contributed by atoms with Crippen molar-refractivity contribution in [1.29, 1.82) is 0 Å². The van der Waals surface area contributed by atoms with E-state index in [2.05, 4.69) is 42.2 Å². The second-order valence-corrected chi connectivity index (χ2v) is 7.90. The van der Waals surface area contributed by atoms with E-state index in [1.54, 1.807) is 11.4 Å². The minimum atomic E-state index is -3.57. The smallest absolute Gasteiger partial charge is 0.235 e. The van der Waals surface area contributed by atoms with Crippen LogP contribution in [0.4, 0.5) is 0 Å². The minimum Gasteiger partial charge on any atom is -0.235 e. The first kappa shape index (κ1) is 15.4. The standard InChI is InChI=1S/C10H16Br2N4O2S/c1-15-10(9(12)13-14-15)19(17,18)16(7-6-11)8-4-2-3-5-8/h8H,2-7H2,1H3. The van der Waals surface area contributed by atoms with Gasteiger partial charge in [-0.05, 0) is 28.8 Å². The minimum absolute atomic E-state index is 0.0874. The summed E-state index contributed by atoms with van der Waals surface area (Å²) in [5.41, 5.74) is 0. The predicted molar refractivity (Wildman–Crippen MR) is 78.6 cm³/mol. The fourth-order valence-corrected chi connectivity index (χ4v) is 5.82. The average Bonchev–Trinajstić information content (AvgIpc) is 2.96. The molecule has 0 N–H and O–H groups in total. The Morgan fingerprint density at radius 1 is 1.42 bits per heavy atom. The number of nitrogens with zero attached hydrogens (tertiary/aromatic N) is 4. The molecule has 0 bridgehead atoms. The molecule has 1 saturated carbocycles. The lowest BCUT2D eigenvalue weighted by molar-refractivity contribution is 0.335. The largest absolute Gasteiger partial charge is 0.263 e. The Morgan fingerprint density at radius 2 is 2.05 bits per heavy atom. The molecule has 1 aliphatic rings. The number of halogens is 2. The summed E-state index contributed by atoms with van der Waals surface area (Å²) in [7, 11) is -1.98. The van der Waals surface area contributed by atoms with Crippen molar-refractivity contribution in [3.8, 4) is 0 Å². The Labute approximate surface area is 129 Å². The second kappa shape index (κ2) is 6.19. The summed E-state index contributed by atoms with van der Waals surface area (Å²) in [5, 5.41) is 8.26. The molecule has 1 aliphatic carbocycles. The van der Waals surface area contributed by atoms with Crippen LogP contribution in [0.25, 0.3) is 0 Å². The van der Waals surface area contributed by atoms with Gasteiger partial charge in [0, 0.05) is 25.0 Å². The van der Waals surface area contributed by atoms with E-state index in [1.165, 1.54) is 4.68 Å². The summed E-state index contributed by atoms with van der Waals surface area (Å²) in [6, 6.07) is 0.0874. The van der Waals surface area contributed by atoms with Gasteiger partial charge in [-0.1, -0.05) is 34.0 Å². The number of hydrogen-bond acceptors (Lipinski definition) is 4. The number of aryl methyl sites for hydroxylation is 1. The molecule has 0 saturated heterocycles. The van der Waals surface area contributed by atoms with Crippen LogP contribution in [0.5, 0.6) is 0 Å². The Balaban J connectivity index is 2.39. The van der Waals surface area contributed by atoms with Crippen molar-refractivity contribution >= 4 is 41.9 Å². The average molecular weight is 416 g/mol. The van der Waals surface area contributed by atoms with E-state index in [0.717, 1.165) is 25.7 Å². The summed E-state index contributed by atoms with van der Waals surface area (Å²) in [6.07, 6.45) is 4.03. The molecule has 2 rings (SSSR count). The Bertz CT molecular complexity index is 520. The highest BCUT2D eigenvalue weighted by Gasteiger charge is 2.36. The first-order valence-electron chi connectivity index (χ1n) is 6.11. The molecular weight excluding hydrogens is 400 g/mol. The van der Waals surface area contributed by atoms with E-state index in [4.69, 9.17) is 0 Å². The molecule has 0 spiro atoms. The summed E-state index contributed by atoms with van der Waals surface area (Å²) < 4.78 is 28.7. The first-order valence-corrected chi connectivity index (χ1v) is 9.47. The van der Waals surface area contributed by atoms with Gasteiger partial charge in [0.1, 0.15) is 0 Å². The maximum absolute atomic E-state index is 12.8. The molecular formula is C10H16Br2N4O2S. The zero-order chi connectivity index (χ0) is 14.0. The van der Waals surface area contributed by atoms with Crippen LogP contribution >= 0.6 is 31.9 Å². The summed E-state index contributed by atoms with van der Waals surface area (Å²) in [6.45, 7) is 0.463. The molecule has 0 atom stereocenters. The number of sulfonamides is 1. The van der Waals surface area contributed by atoms with Crippen molar-refractivity contribution in [2.24, 2.45) is 7.05 Å². The third-order valence-corrected chi connectivity index (χ3v) is 6.52. The van der Waals surface area contributed by atoms with Gasteiger partial charge in [0.05, 0.1) is 0 Å². The summed E-state index contributed by atoms with van der Waals surface area (Å²) in [5.74, 6) is 0. The van der Waals surface area contributed by atoms with Crippen molar-refractivity contribution in [3.05, 3.63) is 4.60 Å². The molecule has 0 aliphatic heterocycles. The maximum Gasteiger partial charge on any atom is 0.263 e.